The highest BCUT2D eigenvalue weighted by atomic mass is 16.6. The van der Waals surface area contributed by atoms with Crippen LogP contribution < -0.4 is 0 Å². The second-order valence-electron chi connectivity index (χ2n) is 5.97. The molecule has 1 amide bonds. The highest BCUT2D eigenvalue weighted by Crippen LogP contribution is 2.21. The molecule has 1 atom stereocenters. The Bertz CT molecular complexity index is 322. The topological polar surface area (TPSA) is 55.8 Å². The van der Waals surface area contributed by atoms with Crippen molar-refractivity contribution < 1.29 is 19.1 Å². The van der Waals surface area contributed by atoms with E-state index >= 15 is 0 Å². The molecule has 0 radical (unpaired) electrons. The fraction of sp³-hybridized carbons (Fsp3) is 0.857. The molecule has 0 saturated carbocycles. The van der Waals surface area contributed by atoms with Crippen molar-refractivity contribution >= 4 is 11.9 Å². The van der Waals surface area contributed by atoms with Crippen molar-refractivity contribution in [1.82, 2.24) is 4.90 Å². The molecular formula is C14H25NO4. The summed E-state index contributed by atoms with van der Waals surface area (Å²) in [5.74, 6) is 0.187. The van der Waals surface area contributed by atoms with Crippen LogP contribution in [0.4, 0.5) is 4.79 Å². The number of ketones is 1. The first-order valence-electron chi connectivity index (χ1n) is 6.83. The third kappa shape index (κ3) is 5.59. The van der Waals surface area contributed by atoms with Gasteiger partial charge in [-0.2, -0.15) is 0 Å². The number of nitrogens with zero attached hydrogens (tertiary/aromatic N) is 1. The Labute approximate surface area is 115 Å². The van der Waals surface area contributed by atoms with E-state index in [2.05, 4.69) is 0 Å². The van der Waals surface area contributed by atoms with E-state index in [9.17, 15) is 9.59 Å². The standard InChI is InChI=1S/C14H25NO4/c1-14(2,3)19-13(17)15-8-7-11(10-15)12(16)6-5-9-18-4/h11H,5-10H2,1-4H3. The first kappa shape index (κ1) is 16.0. The third-order valence-corrected chi connectivity index (χ3v) is 3.07. The summed E-state index contributed by atoms with van der Waals surface area (Å²) in [6.07, 6.45) is 1.70. The Morgan fingerprint density at radius 3 is 2.58 bits per heavy atom. The lowest BCUT2D eigenvalue weighted by Gasteiger charge is -2.24. The number of amides is 1. The largest absolute Gasteiger partial charge is 0.444 e. The Kier molecular flexibility index (Phi) is 5.79. The number of hydrogen-bond donors (Lipinski definition) is 0. The van der Waals surface area contributed by atoms with Crippen LogP contribution in [-0.2, 0) is 14.3 Å². The highest BCUT2D eigenvalue weighted by molar-refractivity contribution is 5.82. The van der Waals surface area contributed by atoms with Crippen LogP contribution in [0.25, 0.3) is 0 Å². The summed E-state index contributed by atoms with van der Waals surface area (Å²) in [4.78, 5) is 25.4. The van der Waals surface area contributed by atoms with Gasteiger partial charge in [0, 0.05) is 39.1 Å². The number of hydrogen-bond acceptors (Lipinski definition) is 4. The van der Waals surface area contributed by atoms with Crippen molar-refractivity contribution in [3.05, 3.63) is 0 Å². The number of carbonyl (C=O) groups is 2. The maximum atomic E-state index is 11.9. The van der Waals surface area contributed by atoms with Crippen LogP contribution in [0.3, 0.4) is 0 Å². The number of carbonyl (C=O) groups excluding carboxylic acids is 2. The maximum absolute atomic E-state index is 11.9. The number of rotatable bonds is 5. The molecule has 5 heteroatoms. The molecule has 5 nitrogen and oxygen atoms in total. The summed E-state index contributed by atoms with van der Waals surface area (Å²) in [5, 5.41) is 0. The van der Waals surface area contributed by atoms with E-state index in [1.807, 2.05) is 20.8 Å². The number of methoxy groups -OCH3 is 1. The molecule has 0 bridgehead atoms. The Morgan fingerprint density at radius 2 is 2.00 bits per heavy atom. The summed E-state index contributed by atoms with van der Waals surface area (Å²) in [6, 6.07) is 0. The van der Waals surface area contributed by atoms with Gasteiger partial charge in [0.2, 0.25) is 0 Å². The third-order valence-electron chi connectivity index (χ3n) is 3.07. The van der Waals surface area contributed by atoms with Crippen LogP contribution in [0.15, 0.2) is 0 Å². The average molecular weight is 271 g/mol. The van der Waals surface area contributed by atoms with Gasteiger partial charge in [0.1, 0.15) is 11.4 Å². The summed E-state index contributed by atoms with van der Waals surface area (Å²) in [5.41, 5.74) is -0.488. The van der Waals surface area contributed by atoms with Gasteiger partial charge in [0.05, 0.1) is 0 Å². The molecule has 1 unspecified atom stereocenters. The molecule has 1 aliphatic rings. The number of likely N-dealkylation sites (tertiary alicyclic amines) is 1. The van der Waals surface area contributed by atoms with Gasteiger partial charge in [-0.3, -0.25) is 4.79 Å². The lowest BCUT2D eigenvalue weighted by Crippen LogP contribution is -2.35. The van der Waals surface area contributed by atoms with Crippen molar-refractivity contribution in [2.75, 3.05) is 26.8 Å². The van der Waals surface area contributed by atoms with Crippen molar-refractivity contribution in [1.29, 1.82) is 0 Å². The van der Waals surface area contributed by atoms with Gasteiger partial charge in [-0.25, -0.2) is 4.79 Å². The number of ether oxygens (including phenoxy) is 2. The summed E-state index contributed by atoms with van der Waals surface area (Å²) >= 11 is 0. The minimum atomic E-state index is -0.488. The van der Waals surface area contributed by atoms with Crippen LogP contribution in [-0.4, -0.2) is 49.2 Å². The number of Topliss-reactive ketones (excluding diaryl/α,β-unsaturated/α-hetero) is 1. The Balaban J connectivity index is 2.36. The molecule has 0 spiro atoms. The highest BCUT2D eigenvalue weighted by Gasteiger charge is 2.32. The minimum absolute atomic E-state index is 0.0376. The van der Waals surface area contributed by atoms with Crippen LogP contribution in [0.2, 0.25) is 0 Å². The van der Waals surface area contributed by atoms with Crippen molar-refractivity contribution in [2.45, 2.75) is 45.6 Å². The van der Waals surface area contributed by atoms with E-state index in [1.54, 1.807) is 12.0 Å². The summed E-state index contributed by atoms with van der Waals surface area (Å²) in [7, 11) is 1.63. The molecule has 0 aromatic carbocycles. The fourth-order valence-corrected chi connectivity index (χ4v) is 2.11. The van der Waals surface area contributed by atoms with Gasteiger partial charge < -0.3 is 14.4 Å². The predicted octanol–water partition coefficient (Wildman–Crippen LogP) is 2.24. The van der Waals surface area contributed by atoms with E-state index in [0.717, 1.165) is 12.8 Å². The molecule has 0 aromatic heterocycles. The second kappa shape index (κ2) is 6.89. The molecule has 1 fully saturated rings. The lowest BCUT2D eigenvalue weighted by atomic mass is 10.00. The quantitative estimate of drug-likeness (QED) is 0.720. The van der Waals surface area contributed by atoms with Crippen LogP contribution >= 0.6 is 0 Å². The molecule has 1 rings (SSSR count). The van der Waals surface area contributed by atoms with Gasteiger partial charge in [-0.1, -0.05) is 0 Å². The van der Waals surface area contributed by atoms with E-state index in [1.165, 1.54) is 0 Å². The zero-order valence-electron chi connectivity index (χ0n) is 12.4. The van der Waals surface area contributed by atoms with E-state index in [-0.39, 0.29) is 17.8 Å². The summed E-state index contributed by atoms with van der Waals surface area (Å²) < 4.78 is 10.2. The van der Waals surface area contributed by atoms with E-state index < -0.39 is 5.60 Å². The second-order valence-corrected chi connectivity index (χ2v) is 5.97. The Hall–Kier alpha value is -1.10. The van der Waals surface area contributed by atoms with Gasteiger partial charge in [0.15, 0.2) is 0 Å². The zero-order valence-corrected chi connectivity index (χ0v) is 12.4. The fourth-order valence-electron chi connectivity index (χ4n) is 2.11. The van der Waals surface area contributed by atoms with Crippen molar-refractivity contribution in [2.24, 2.45) is 5.92 Å². The van der Waals surface area contributed by atoms with Crippen LogP contribution in [0, 0.1) is 5.92 Å². The van der Waals surface area contributed by atoms with Gasteiger partial charge in [-0.15, -0.1) is 0 Å². The molecule has 1 heterocycles. The van der Waals surface area contributed by atoms with Crippen molar-refractivity contribution in [3.63, 3.8) is 0 Å². The van der Waals surface area contributed by atoms with Crippen molar-refractivity contribution in [3.8, 4) is 0 Å². The molecular weight excluding hydrogens is 246 g/mol. The molecule has 0 N–H and O–H groups in total. The molecule has 0 aromatic rings. The molecule has 19 heavy (non-hydrogen) atoms. The van der Waals surface area contributed by atoms with E-state index in [4.69, 9.17) is 9.47 Å². The smallest absolute Gasteiger partial charge is 0.410 e. The Morgan fingerprint density at radius 1 is 1.32 bits per heavy atom. The minimum Gasteiger partial charge on any atom is -0.444 e. The molecule has 1 aliphatic heterocycles. The van der Waals surface area contributed by atoms with E-state index in [0.29, 0.717) is 26.1 Å². The van der Waals surface area contributed by atoms with Gasteiger partial charge in [-0.05, 0) is 33.6 Å². The monoisotopic (exact) mass is 271 g/mol. The SMILES string of the molecule is COCCCC(=O)C1CCN(C(=O)OC(C)(C)C)C1. The van der Waals surface area contributed by atoms with Crippen LogP contribution in [0.5, 0.6) is 0 Å². The molecule has 1 saturated heterocycles. The first-order chi connectivity index (χ1) is 8.83. The zero-order chi connectivity index (χ0) is 14.5. The van der Waals surface area contributed by atoms with Crippen LogP contribution in [0.1, 0.15) is 40.0 Å². The average Bonchev–Trinajstić information content (AvgIpc) is 2.76. The van der Waals surface area contributed by atoms with Gasteiger partial charge in [0.25, 0.3) is 0 Å². The first-order valence-corrected chi connectivity index (χ1v) is 6.83. The molecule has 0 aliphatic carbocycles. The molecule has 110 valence electrons. The lowest BCUT2D eigenvalue weighted by molar-refractivity contribution is -0.122. The predicted molar refractivity (Wildman–Crippen MR) is 72.0 cm³/mol. The van der Waals surface area contributed by atoms with Gasteiger partial charge >= 0.3 is 6.09 Å². The normalized spacial score (nSPS) is 19.6. The summed E-state index contributed by atoms with van der Waals surface area (Å²) in [6.45, 7) is 7.22. The maximum Gasteiger partial charge on any atom is 0.410 e.